The van der Waals surface area contributed by atoms with Crippen molar-refractivity contribution in [2.75, 3.05) is 13.1 Å². The molecule has 2 amide bonds. The van der Waals surface area contributed by atoms with Gasteiger partial charge in [0, 0.05) is 24.2 Å². The number of fused-ring (bicyclic) bond motifs is 1. The van der Waals surface area contributed by atoms with E-state index in [1.165, 1.54) is 23.5 Å². The topological polar surface area (TPSA) is 59.1 Å². The minimum absolute atomic E-state index is 0.0614. The highest BCUT2D eigenvalue weighted by Gasteiger charge is 2.45. The number of rotatable bonds is 14. The number of hydrogen-bond donors (Lipinski definition) is 0. The number of unbranched alkanes of at least 4 members (excludes halogenated alkanes) is 2. The van der Waals surface area contributed by atoms with Gasteiger partial charge in [0.2, 0.25) is 0 Å². The fourth-order valence-electron chi connectivity index (χ4n) is 4.75. The second-order valence-corrected chi connectivity index (χ2v) is 13.6. The summed E-state index contributed by atoms with van der Waals surface area (Å²) in [6.45, 7) is 25.8. The summed E-state index contributed by atoms with van der Waals surface area (Å²) in [5.41, 5.74) is 4.36. The Morgan fingerprint density at radius 3 is 1.43 bits per heavy atom. The Morgan fingerprint density at radius 1 is 0.750 bits per heavy atom. The highest BCUT2D eigenvalue weighted by atomic mass is 32.2. The van der Waals surface area contributed by atoms with E-state index in [0.717, 1.165) is 69.2 Å². The van der Waals surface area contributed by atoms with Crippen molar-refractivity contribution in [3.63, 3.8) is 0 Å². The number of allylic oxidation sites excluding steroid dienone is 2. The van der Waals surface area contributed by atoms with E-state index in [9.17, 15) is 9.59 Å². The summed E-state index contributed by atoms with van der Waals surface area (Å²) in [7, 11) is 0. The Hall–Kier alpha value is -2.32. The second-order valence-electron chi connectivity index (χ2n) is 11.3. The molecular formula is C32H46N2O4S2. The molecular weight excluding hydrogens is 540 g/mol. The molecule has 0 N–H and O–H groups in total. The molecule has 6 nitrogen and oxygen atoms in total. The molecule has 0 saturated carbocycles. The van der Waals surface area contributed by atoms with Crippen LogP contribution in [0.2, 0.25) is 0 Å². The Morgan fingerprint density at radius 2 is 1.12 bits per heavy atom. The van der Waals surface area contributed by atoms with Crippen molar-refractivity contribution >= 4 is 35.3 Å². The lowest BCUT2D eigenvalue weighted by atomic mass is 9.94. The van der Waals surface area contributed by atoms with Crippen LogP contribution in [0.4, 0.5) is 0 Å². The van der Waals surface area contributed by atoms with Crippen molar-refractivity contribution in [2.24, 2.45) is 0 Å². The Labute approximate surface area is 249 Å². The van der Waals surface area contributed by atoms with Crippen LogP contribution in [0.1, 0.15) is 92.2 Å². The summed E-state index contributed by atoms with van der Waals surface area (Å²) in [6, 6.07) is 0. The molecule has 0 bridgehead atoms. The Kier molecular flexibility index (Phi) is 11.3. The maximum absolute atomic E-state index is 13.8. The van der Waals surface area contributed by atoms with Crippen LogP contribution < -0.4 is 9.47 Å². The molecule has 0 aromatic heterocycles. The van der Waals surface area contributed by atoms with Crippen molar-refractivity contribution in [1.82, 2.24) is 10.0 Å². The van der Waals surface area contributed by atoms with Gasteiger partial charge in [-0.05, 0) is 67.2 Å². The van der Waals surface area contributed by atoms with Crippen LogP contribution in [-0.4, -0.2) is 47.1 Å². The second kappa shape index (κ2) is 14.0. The number of thioether (sulfide) groups is 2. The van der Waals surface area contributed by atoms with Gasteiger partial charge in [0.1, 0.15) is 17.1 Å². The zero-order chi connectivity index (χ0) is 29.7. The highest BCUT2D eigenvalue weighted by molar-refractivity contribution is 8.25. The summed E-state index contributed by atoms with van der Waals surface area (Å²) < 4.78 is 13.7. The van der Waals surface area contributed by atoms with Gasteiger partial charge in [0.25, 0.3) is 11.8 Å². The summed E-state index contributed by atoms with van der Waals surface area (Å²) in [4.78, 5) is 29.4. The van der Waals surface area contributed by atoms with E-state index in [1.54, 1.807) is 10.0 Å². The van der Waals surface area contributed by atoms with E-state index in [2.05, 4.69) is 27.0 Å². The Balaban J connectivity index is 2.26. The molecule has 0 unspecified atom stereocenters. The third-order valence-electron chi connectivity index (χ3n) is 6.42. The average Bonchev–Trinajstić information content (AvgIpc) is 3.38. The Bertz CT molecular complexity index is 1110. The van der Waals surface area contributed by atoms with Crippen molar-refractivity contribution in [3.8, 4) is 11.5 Å². The molecule has 2 heterocycles. The maximum Gasteiger partial charge on any atom is 0.279 e. The number of hydrogen-bond acceptors (Lipinski definition) is 6. The lowest BCUT2D eigenvalue weighted by Gasteiger charge is -2.27. The molecule has 2 aliphatic rings. The first-order valence-corrected chi connectivity index (χ1v) is 16.1. The first-order chi connectivity index (χ1) is 18.9. The van der Waals surface area contributed by atoms with Crippen LogP contribution in [0.25, 0.3) is 0 Å². The number of benzene rings is 1. The van der Waals surface area contributed by atoms with E-state index in [4.69, 9.17) is 9.47 Å². The van der Waals surface area contributed by atoms with Crippen molar-refractivity contribution in [2.45, 2.75) is 116 Å². The molecule has 0 atom stereocenters. The minimum atomic E-state index is -0.209. The summed E-state index contributed by atoms with van der Waals surface area (Å²) in [6.07, 6.45) is 4.73. The van der Waals surface area contributed by atoms with E-state index < -0.39 is 0 Å². The molecule has 1 aromatic rings. The number of ether oxygens (including phenoxy) is 2. The van der Waals surface area contributed by atoms with Gasteiger partial charge in [0.15, 0.2) is 0 Å². The van der Waals surface area contributed by atoms with Crippen molar-refractivity contribution < 1.29 is 19.1 Å². The maximum atomic E-state index is 13.8. The molecule has 0 aliphatic carbocycles. The van der Waals surface area contributed by atoms with Gasteiger partial charge < -0.3 is 9.47 Å². The number of carbonyl (C=O) groups excluding carboxylic acids is 2. The number of nitrogens with zero attached hydrogens (tertiary/aromatic N) is 2. The predicted octanol–water partition coefficient (Wildman–Crippen LogP) is 8.09. The fraction of sp³-hybridized carbons (Fsp3) is 0.562. The molecule has 1 saturated heterocycles. The first-order valence-electron chi connectivity index (χ1n) is 14.5. The molecule has 3 rings (SSSR count). The molecule has 220 valence electrons. The van der Waals surface area contributed by atoms with E-state index in [-0.39, 0.29) is 29.6 Å². The predicted molar refractivity (Wildman–Crippen MR) is 167 cm³/mol. The van der Waals surface area contributed by atoms with Gasteiger partial charge >= 0.3 is 0 Å². The summed E-state index contributed by atoms with van der Waals surface area (Å²) >= 11 is 2.92. The van der Waals surface area contributed by atoms with E-state index >= 15 is 0 Å². The van der Waals surface area contributed by atoms with Crippen LogP contribution >= 0.6 is 23.5 Å². The lowest BCUT2D eigenvalue weighted by Crippen LogP contribution is -2.42. The van der Waals surface area contributed by atoms with Gasteiger partial charge in [0.05, 0.1) is 26.2 Å². The largest absolute Gasteiger partial charge is 0.489 e. The SMILES string of the molecule is C=C(C)Cc1c(CC(=C)C)c(OC(C)C)c2c(c1OC(C)C)SC(=C1C(=O)N(CCCC)N(CCCC)C1=O)S2. The van der Waals surface area contributed by atoms with Gasteiger partial charge in [-0.25, -0.2) is 10.0 Å². The number of amides is 2. The van der Waals surface area contributed by atoms with Crippen LogP contribution in [0.15, 0.2) is 43.9 Å². The smallest absolute Gasteiger partial charge is 0.279 e. The van der Waals surface area contributed by atoms with Crippen LogP contribution in [-0.2, 0) is 22.4 Å². The molecule has 0 spiro atoms. The molecule has 8 heteroatoms. The standard InChI is InChI=1S/C32H46N2O4S2/c1-11-13-15-33-30(35)25(31(36)34(33)16-14-12-2)32-39-28-26(37-21(7)8)23(17-19(3)4)24(18-20(5)6)27(29(28)40-32)38-22(9)10/h21-22H,3,5,11-18H2,1-2,4,6-10H3. The monoisotopic (exact) mass is 586 g/mol. The summed E-state index contributed by atoms with van der Waals surface area (Å²) in [5, 5.41) is 3.31. The van der Waals surface area contributed by atoms with Crippen LogP contribution in [0, 0.1) is 0 Å². The number of hydrazine groups is 1. The van der Waals surface area contributed by atoms with Gasteiger partial charge in [-0.1, -0.05) is 74.5 Å². The van der Waals surface area contributed by atoms with E-state index in [1.807, 2.05) is 41.5 Å². The number of carbonyl (C=O) groups is 2. The molecule has 2 aliphatic heterocycles. The van der Waals surface area contributed by atoms with Gasteiger partial charge in [-0.3, -0.25) is 9.59 Å². The summed E-state index contributed by atoms with van der Waals surface area (Å²) in [5.74, 6) is 1.16. The average molecular weight is 587 g/mol. The van der Waals surface area contributed by atoms with Crippen LogP contribution in [0.3, 0.4) is 0 Å². The molecule has 0 radical (unpaired) electrons. The molecule has 1 fully saturated rings. The third-order valence-corrected chi connectivity index (χ3v) is 9.02. The fourth-order valence-corrected chi connectivity index (χ4v) is 7.49. The third kappa shape index (κ3) is 7.11. The molecule has 40 heavy (non-hydrogen) atoms. The zero-order valence-electron chi connectivity index (χ0n) is 25.6. The first kappa shape index (κ1) is 32.2. The van der Waals surface area contributed by atoms with Crippen molar-refractivity contribution in [1.29, 1.82) is 0 Å². The lowest BCUT2D eigenvalue weighted by molar-refractivity contribution is -0.147. The van der Waals surface area contributed by atoms with Crippen LogP contribution in [0.5, 0.6) is 11.5 Å². The highest BCUT2D eigenvalue weighted by Crippen LogP contribution is 2.62. The quantitative estimate of drug-likeness (QED) is 0.125. The van der Waals surface area contributed by atoms with Gasteiger partial charge in [-0.2, -0.15) is 0 Å². The van der Waals surface area contributed by atoms with Crippen molar-refractivity contribution in [3.05, 3.63) is 45.2 Å². The minimum Gasteiger partial charge on any atom is -0.489 e. The zero-order valence-corrected chi connectivity index (χ0v) is 27.2. The van der Waals surface area contributed by atoms with E-state index in [0.29, 0.717) is 30.2 Å². The normalized spacial score (nSPS) is 15.2. The van der Waals surface area contributed by atoms with Gasteiger partial charge in [-0.15, -0.1) is 0 Å². The molecule has 1 aromatic carbocycles.